The van der Waals surface area contributed by atoms with E-state index in [2.05, 4.69) is 81.1 Å². The summed E-state index contributed by atoms with van der Waals surface area (Å²) in [7, 11) is 0. The zero-order valence-corrected chi connectivity index (χ0v) is 15.6. The number of hydrogen-bond donors (Lipinski definition) is 0. The zero-order chi connectivity index (χ0) is 16.2. The van der Waals surface area contributed by atoms with E-state index in [1.165, 1.54) is 25.0 Å². The Kier molecular flexibility index (Phi) is 5.69. The van der Waals surface area contributed by atoms with Crippen LogP contribution in [0, 0.1) is 23.7 Å². The first kappa shape index (κ1) is 16.9. The lowest BCUT2D eigenvalue weighted by molar-refractivity contribution is 0.329. The molecule has 0 aliphatic heterocycles. The van der Waals surface area contributed by atoms with Crippen molar-refractivity contribution in [1.29, 1.82) is 0 Å². The molecule has 0 saturated heterocycles. The van der Waals surface area contributed by atoms with Crippen LogP contribution in [0.2, 0.25) is 0 Å². The Morgan fingerprint density at radius 2 is 2.04 bits per heavy atom. The molecule has 0 aromatic rings. The summed E-state index contributed by atoms with van der Waals surface area (Å²) in [5, 5.41) is 0.664. The van der Waals surface area contributed by atoms with Crippen LogP contribution in [0.5, 0.6) is 0 Å². The minimum absolute atomic E-state index is 0.664. The monoisotopic (exact) mass is 326 g/mol. The summed E-state index contributed by atoms with van der Waals surface area (Å²) in [4.78, 5) is 0. The Balaban J connectivity index is 1.50. The summed E-state index contributed by atoms with van der Waals surface area (Å²) in [6.07, 6.45) is 22.3. The first-order valence-electron chi connectivity index (χ1n) is 9.17. The van der Waals surface area contributed by atoms with Crippen molar-refractivity contribution in [1.82, 2.24) is 0 Å². The quantitative estimate of drug-likeness (QED) is 0.567. The normalized spacial score (nSPS) is 32.0. The Bertz CT molecular complexity index is 561. The molecule has 0 aromatic heterocycles. The van der Waals surface area contributed by atoms with Gasteiger partial charge >= 0.3 is 0 Å². The lowest BCUT2D eigenvalue weighted by atomic mass is 9.75. The third-order valence-electron chi connectivity index (χ3n) is 5.63. The topological polar surface area (TPSA) is 0 Å². The zero-order valence-electron chi connectivity index (χ0n) is 14.7. The highest BCUT2D eigenvalue weighted by molar-refractivity contribution is 8.00. The van der Waals surface area contributed by atoms with Crippen LogP contribution in [0.25, 0.3) is 0 Å². The number of rotatable bonds is 5. The third-order valence-corrected chi connectivity index (χ3v) is 7.15. The lowest BCUT2D eigenvalue weighted by Crippen LogP contribution is -2.22. The Labute approximate surface area is 146 Å². The molecular formula is C22H30S. The van der Waals surface area contributed by atoms with E-state index in [9.17, 15) is 0 Å². The molecule has 0 heterocycles. The molecule has 0 spiro atoms. The molecule has 3 rings (SSSR count). The van der Waals surface area contributed by atoms with Crippen LogP contribution in [0.1, 0.15) is 40.0 Å². The van der Waals surface area contributed by atoms with Gasteiger partial charge in [-0.25, -0.2) is 0 Å². The average molecular weight is 327 g/mol. The summed E-state index contributed by atoms with van der Waals surface area (Å²) in [6, 6.07) is 0. The fourth-order valence-electron chi connectivity index (χ4n) is 3.93. The van der Waals surface area contributed by atoms with Gasteiger partial charge in [-0.3, -0.25) is 0 Å². The molecule has 0 radical (unpaired) electrons. The fraction of sp³-hybridized carbons (Fsp3) is 0.545. The van der Waals surface area contributed by atoms with E-state index in [1.807, 2.05) is 0 Å². The lowest BCUT2D eigenvalue weighted by Gasteiger charge is -2.32. The van der Waals surface area contributed by atoms with Crippen molar-refractivity contribution in [2.45, 2.75) is 45.3 Å². The maximum Gasteiger partial charge on any atom is 0.0231 e. The molecule has 23 heavy (non-hydrogen) atoms. The molecule has 0 saturated carbocycles. The van der Waals surface area contributed by atoms with E-state index in [4.69, 9.17) is 0 Å². The molecular weight excluding hydrogens is 296 g/mol. The molecule has 5 unspecified atom stereocenters. The Morgan fingerprint density at radius 1 is 1.17 bits per heavy atom. The van der Waals surface area contributed by atoms with Crippen molar-refractivity contribution in [3.63, 3.8) is 0 Å². The van der Waals surface area contributed by atoms with E-state index in [1.54, 1.807) is 11.1 Å². The SMILES string of the molecule is CC1C=CC=C(C(C)SCC(C)C2CC=C3C=CC=CC3C2)C1. The molecule has 5 atom stereocenters. The summed E-state index contributed by atoms with van der Waals surface area (Å²) in [6.45, 7) is 7.17. The number of thioether (sulfide) groups is 1. The second-order valence-electron chi connectivity index (χ2n) is 7.55. The van der Waals surface area contributed by atoms with E-state index in [0.29, 0.717) is 17.1 Å². The van der Waals surface area contributed by atoms with E-state index < -0.39 is 0 Å². The molecule has 1 heteroatoms. The van der Waals surface area contributed by atoms with Crippen LogP contribution in [0.3, 0.4) is 0 Å². The second-order valence-corrected chi connectivity index (χ2v) is 8.92. The van der Waals surface area contributed by atoms with Crippen LogP contribution in [-0.4, -0.2) is 11.0 Å². The second kappa shape index (κ2) is 7.75. The largest absolute Gasteiger partial charge is 0.154 e. The number of allylic oxidation sites excluding steroid dienone is 9. The fourth-order valence-corrected chi connectivity index (χ4v) is 5.18. The van der Waals surface area contributed by atoms with Gasteiger partial charge in [0.25, 0.3) is 0 Å². The van der Waals surface area contributed by atoms with Crippen LogP contribution >= 0.6 is 11.8 Å². The first-order valence-corrected chi connectivity index (χ1v) is 10.2. The van der Waals surface area contributed by atoms with Gasteiger partial charge in [0.1, 0.15) is 0 Å². The average Bonchev–Trinajstić information content (AvgIpc) is 2.59. The van der Waals surface area contributed by atoms with Crippen molar-refractivity contribution in [3.05, 3.63) is 59.8 Å². The standard InChI is InChI=1S/C22H30S/c1-16-7-6-10-21(13-16)18(3)23-15-17(2)20-12-11-19-8-4-5-9-22(19)14-20/h4-11,16-18,20,22H,12-15H2,1-3H3. The summed E-state index contributed by atoms with van der Waals surface area (Å²) in [5.74, 6) is 4.33. The van der Waals surface area contributed by atoms with Gasteiger partial charge in [0.15, 0.2) is 0 Å². The predicted octanol–water partition coefficient (Wildman–Crippen LogP) is 6.35. The van der Waals surface area contributed by atoms with Crippen molar-refractivity contribution < 1.29 is 0 Å². The van der Waals surface area contributed by atoms with Gasteiger partial charge in [-0.15, -0.1) is 0 Å². The molecule has 0 nitrogen and oxygen atoms in total. The Morgan fingerprint density at radius 3 is 2.87 bits per heavy atom. The van der Waals surface area contributed by atoms with Gasteiger partial charge in [-0.05, 0) is 55.3 Å². The number of fused-ring (bicyclic) bond motifs is 1. The van der Waals surface area contributed by atoms with Crippen LogP contribution in [0.15, 0.2) is 59.8 Å². The minimum atomic E-state index is 0.664. The third kappa shape index (κ3) is 4.32. The molecule has 0 amide bonds. The van der Waals surface area contributed by atoms with Gasteiger partial charge in [-0.1, -0.05) is 68.0 Å². The Hall–Kier alpha value is -0.950. The van der Waals surface area contributed by atoms with Gasteiger partial charge in [0.05, 0.1) is 0 Å². The van der Waals surface area contributed by atoms with Crippen LogP contribution < -0.4 is 0 Å². The first-order chi connectivity index (χ1) is 11.1. The number of hydrogen-bond acceptors (Lipinski definition) is 1. The molecule has 0 N–H and O–H groups in total. The molecule has 0 aromatic carbocycles. The maximum absolute atomic E-state index is 2.49. The van der Waals surface area contributed by atoms with E-state index in [0.717, 1.165) is 11.8 Å². The van der Waals surface area contributed by atoms with Crippen LogP contribution in [-0.2, 0) is 0 Å². The summed E-state index contributed by atoms with van der Waals surface area (Å²) >= 11 is 2.16. The maximum atomic E-state index is 2.49. The van der Waals surface area contributed by atoms with Crippen molar-refractivity contribution in [3.8, 4) is 0 Å². The molecule has 0 fully saturated rings. The highest BCUT2D eigenvalue weighted by Crippen LogP contribution is 2.38. The van der Waals surface area contributed by atoms with Crippen molar-refractivity contribution in [2.24, 2.45) is 23.7 Å². The van der Waals surface area contributed by atoms with Crippen LogP contribution in [0.4, 0.5) is 0 Å². The molecule has 124 valence electrons. The summed E-state index contributed by atoms with van der Waals surface area (Å²) in [5.41, 5.74) is 3.17. The summed E-state index contributed by atoms with van der Waals surface area (Å²) < 4.78 is 0. The van der Waals surface area contributed by atoms with Crippen molar-refractivity contribution in [2.75, 3.05) is 5.75 Å². The van der Waals surface area contributed by atoms with E-state index >= 15 is 0 Å². The van der Waals surface area contributed by atoms with Gasteiger partial charge in [-0.2, -0.15) is 11.8 Å². The van der Waals surface area contributed by atoms with Gasteiger partial charge < -0.3 is 0 Å². The van der Waals surface area contributed by atoms with Gasteiger partial charge in [0, 0.05) is 11.2 Å². The minimum Gasteiger partial charge on any atom is -0.154 e. The molecule has 3 aliphatic carbocycles. The van der Waals surface area contributed by atoms with Crippen molar-refractivity contribution >= 4 is 11.8 Å². The molecule has 3 aliphatic rings. The highest BCUT2D eigenvalue weighted by atomic mass is 32.2. The van der Waals surface area contributed by atoms with Gasteiger partial charge in [0.2, 0.25) is 0 Å². The van der Waals surface area contributed by atoms with E-state index in [-0.39, 0.29) is 0 Å². The highest BCUT2D eigenvalue weighted by Gasteiger charge is 2.26. The molecule has 0 bridgehead atoms. The smallest absolute Gasteiger partial charge is 0.0231 e. The predicted molar refractivity (Wildman–Crippen MR) is 105 cm³/mol.